The van der Waals surface area contributed by atoms with Gasteiger partial charge in [-0.1, -0.05) is 31.5 Å². The van der Waals surface area contributed by atoms with Crippen molar-refractivity contribution in [2.24, 2.45) is 0 Å². The van der Waals surface area contributed by atoms with E-state index in [1.165, 1.54) is 5.56 Å². The van der Waals surface area contributed by atoms with Crippen LogP contribution in [0.15, 0.2) is 30.5 Å². The number of Topliss-reactive ketones (excluding diaryl/α,β-unsaturated/α-hetero) is 1. The summed E-state index contributed by atoms with van der Waals surface area (Å²) in [5.41, 5.74) is 4.98. The van der Waals surface area contributed by atoms with Crippen LogP contribution in [-0.2, 0) is 0 Å². The number of methoxy groups -OCH3 is 1. The maximum atomic E-state index is 12.6. The van der Waals surface area contributed by atoms with Gasteiger partial charge in [-0.3, -0.25) is 9.20 Å². The largest absolute Gasteiger partial charge is 0.497 e. The lowest BCUT2D eigenvalue weighted by atomic mass is 9.94. The monoisotopic (exact) mass is 384 g/mol. The average Bonchev–Trinajstić information content (AvgIpc) is 3.02. The second kappa shape index (κ2) is 7.73. The highest BCUT2D eigenvalue weighted by atomic mass is 35.5. The van der Waals surface area contributed by atoms with Crippen molar-refractivity contribution in [2.45, 2.75) is 46.5 Å². The minimum absolute atomic E-state index is 0.0366. The van der Waals surface area contributed by atoms with E-state index in [0.717, 1.165) is 29.6 Å². The highest BCUT2D eigenvalue weighted by Crippen LogP contribution is 2.35. The molecule has 0 atom stereocenters. The van der Waals surface area contributed by atoms with E-state index < -0.39 is 0 Å². The van der Waals surface area contributed by atoms with Gasteiger partial charge in [-0.05, 0) is 55.0 Å². The molecule has 0 fully saturated rings. The van der Waals surface area contributed by atoms with Crippen molar-refractivity contribution in [1.82, 2.24) is 9.38 Å². The summed E-state index contributed by atoms with van der Waals surface area (Å²) in [6.07, 6.45) is 4.18. The number of benzene rings is 1. The molecule has 1 aromatic carbocycles. The van der Waals surface area contributed by atoms with Crippen LogP contribution in [-0.4, -0.2) is 22.3 Å². The van der Waals surface area contributed by atoms with Crippen LogP contribution in [0.3, 0.4) is 0 Å². The molecule has 0 N–H and O–H groups in total. The Morgan fingerprint density at radius 3 is 2.52 bits per heavy atom. The van der Waals surface area contributed by atoms with Crippen molar-refractivity contribution in [1.29, 1.82) is 0 Å². The minimum atomic E-state index is -0.0366. The number of carbonyl (C=O) groups is 1. The van der Waals surface area contributed by atoms with E-state index in [0.29, 0.717) is 28.1 Å². The van der Waals surface area contributed by atoms with Crippen LogP contribution in [0.5, 0.6) is 5.75 Å². The number of ether oxygens (including phenoxy) is 1. The molecule has 0 aliphatic carbocycles. The third-order valence-electron chi connectivity index (χ3n) is 5.15. The van der Waals surface area contributed by atoms with Gasteiger partial charge in [-0.15, -0.1) is 0 Å². The smallest absolute Gasteiger partial charge is 0.178 e. The van der Waals surface area contributed by atoms with E-state index in [4.69, 9.17) is 21.3 Å². The number of fused-ring (bicyclic) bond motifs is 1. The summed E-state index contributed by atoms with van der Waals surface area (Å²) in [6.45, 7) is 7.99. The number of nitrogens with zero attached hydrogens (tertiary/aromatic N) is 2. The maximum absolute atomic E-state index is 12.6. The second-order valence-corrected chi connectivity index (χ2v) is 7.28. The molecule has 0 radical (unpaired) electrons. The lowest BCUT2D eigenvalue weighted by molar-refractivity contribution is 0.101. The normalized spacial score (nSPS) is 11.4. The number of aryl methyl sites for hydroxylation is 1. The van der Waals surface area contributed by atoms with Gasteiger partial charge in [-0.2, -0.15) is 0 Å². The molecule has 0 aliphatic heterocycles. The summed E-state index contributed by atoms with van der Waals surface area (Å²) >= 11 is 6.47. The van der Waals surface area contributed by atoms with E-state index in [9.17, 15) is 4.79 Å². The molecule has 0 unspecified atom stereocenters. The van der Waals surface area contributed by atoms with Crippen LogP contribution in [0.25, 0.3) is 16.9 Å². The summed E-state index contributed by atoms with van der Waals surface area (Å²) in [7, 11) is 1.60. The number of hydrogen-bond donors (Lipinski definition) is 0. The Bertz CT molecular complexity index is 1000. The Kier molecular flexibility index (Phi) is 5.56. The predicted molar refractivity (Wildman–Crippen MR) is 110 cm³/mol. The molecule has 0 amide bonds. The summed E-state index contributed by atoms with van der Waals surface area (Å²) in [6, 6.07) is 7.61. The maximum Gasteiger partial charge on any atom is 0.178 e. The van der Waals surface area contributed by atoms with Gasteiger partial charge < -0.3 is 4.74 Å². The molecule has 0 saturated heterocycles. The summed E-state index contributed by atoms with van der Waals surface area (Å²) < 4.78 is 7.16. The number of aromatic nitrogens is 2. The van der Waals surface area contributed by atoms with E-state index >= 15 is 0 Å². The fourth-order valence-corrected chi connectivity index (χ4v) is 3.92. The van der Waals surface area contributed by atoms with Gasteiger partial charge in [0.1, 0.15) is 22.8 Å². The molecule has 0 spiro atoms. The SMILES string of the molecule is CCC(CC)c1cc(C)c2nc(-c3ccc(OC)cc3Cl)c(C(C)=O)n2c1. The zero-order chi connectivity index (χ0) is 19.7. The molecular weight excluding hydrogens is 360 g/mol. The third-order valence-corrected chi connectivity index (χ3v) is 5.46. The molecular formula is C22H25ClN2O2. The van der Waals surface area contributed by atoms with Gasteiger partial charge in [0.25, 0.3) is 0 Å². The van der Waals surface area contributed by atoms with Gasteiger partial charge >= 0.3 is 0 Å². The van der Waals surface area contributed by atoms with Crippen LogP contribution in [0.1, 0.15) is 61.1 Å². The number of pyridine rings is 1. The van der Waals surface area contributed by atoms with Crippen LogP contribution in [0.4, 0.5) is 0 Å². The van der Waals surface area contributed by atoms with Crippen molar-refractivity contribution < 1.29 is 9.53 Å². The van der Waals surface area contributed by atoms with Crippen molar-refractivity contribution in [3.63, 3.8) is 0 Å². The van der Waals surface area contributed by atoms with Crippen molar-refractivity contribution in [3.05, 3.63) is 52.3 Å². The van der Waals surface area contributed by atoms with Crippen LogP contribution in [0.2, 0.25) is 5.02 Å². The Labute approximate surface area is 165 Å². The highest BCUT2D eigenvalue weighted by Gasteiger charge is 2.22. The zero-order valence-electron chi connectivity index (χ0n) is 16.5. The first-order valence-electron chi connectivity index (χ1n) is 9.28. The van der Waals surface area contributed by atoms with Gasteiger partial charge in [0.15, 0.2) is 5.78 Å². The molecule has 3 aromatic rings. The molecule has 27 heavy (non-hydrogen) atoms. The van der Waals surface area contributed by atoms with Crippen molar-refractivity contribution in [2.75, 3.05) is 7.11 Å². The first kappa shape index (κ1) is 19.4. The molecule has 4 nitrogen and oxygen atoms in total. The Morgan fingerprint density at radius 1 is 1.26 bits per heavy atom. The van der Waals surface area contributed by atoms with E-state index in [-0.39, 0.29) is 5.78 Å². The molecule has 2 aromatic heterocycles. The van der Waals surface area contributed by atoms with Crippen LogP contribution in [0, 0.1) is 6.92 Å². The number of hydrogen-bond acceptors (Lipinski definition) is 3. The quantitative estimate of drug-likeness (QED) is 0.484. The molecule has 5 heteroatoms. The minimum Gasteiger partial charge on any atom is -0.497 e. The van der Waals surface area contributed by atoms with Gasteiger partial charge in [-0.25, -0.2) is 4.98 Å². The van der Waals surface area contributed by atoms with Gasteiger partial charge in [0, 0.05) is 18.7 Å². The summed E-state index contributed by atoms with van der Waals surface area (Å²) in [4.78, 5) is 17.3. The number of carbonyl (C=O) groups excluding carboxylic acids is 1. The fourth-order valence-electron chi connectivity index (χ4n) is 3.66. The summed E-state index contributed by atoms with van der Waals surface area (Å²) in [5, 5.41) is 0.512. The molecule has 142 valence electrons. The lowest BCUT2D eigenvalue weighted by Gasteiger charge is -2.15. The molecule has 0 saturated carbocycles. The molecule has 0 bridgehead atoms. The number of rotatable bonds is 6. The summed E-state index contributed by atoms with van der Waals surface area (Å²) in [5.74, 6) is 1.10. The van der Waals surface area contributed by atoms with Gasteiger partial charge in [0.2, 0.25) is 0 Å². The lowest BCUT2D eigenvalue weighted by Crippen LogP contribution is -2.05. The third kappa shape index (κ3) is 3.46. The Balaban J connectivity index is 2.30. The van der Waals surface area contributed by atoms with Crippen molar-refractivity contribution in [3.8, 4) is 17.0 Å². The topological polar surface area (TPSA) is 43.6 Å². The standard InChI is InChI=1S/C22H25ClN2O2/c1-6-15(7-2)16-10-13(3)22-24-20(21(14(4)26)25(22)12-16)18-9-8-17(27-5)11-19(18)23/h8-12,15H,6-7H2,1-5H3. The Hall–Kier alpha value is -2.33. The number of imidazole rings is 1. The second-order valence-electron chi connectivity index (χ2n) is 6.87. The predicted octanol–water partition coefficient (Wildman–Crippen LogP) is 6.08. The average molecular weight is 385 g/mol. The van der Waals surface area contributed by atoms with E-state index in [1.807, 2.05) is 23.5 Å². The van der Waals surface area contributed by atoms with E-state index in [2.05, 4.69) is 26.1 Å². The number of halogens is 1. The molecule has 0 aliphatic rings. The fraction of sp³-hybridized carbons (Fsp3) is 0.364. The van der Waals surface area contributed by atoms with E-state index in [1.54, 1.807) is 20.1 Å². The highest BCUT2D eigenvalue weighted by molar-refractivity contribution is 6.33. The first-order valence-corrected chi connectivity index (χ1v) is 9.66. The Morgan fingerprint density at radius 2 is 1.96 bits per heavy atom. The van der Waals surface area contributed by atoms with Gasteiger partial charge in [0.05, 0.1) is 12.1 Å². The van der Waals surface area contributed by atoms with Crippen LogP contribution < -0.4 is 4.74 Å². The van der Waals surface area contributed by atoms with Crippen molar-refractivity contribution >= 4 is 23.0 Å². The number of ketones is 1. The zero-order valence-corrected chi connectivity index (χ0v) is 17.2. The molecule has 3 rings (SSSR count). The first-order chi connectivity index (χ1) is 12.9. The molecule has 2 heterocycles. The van der Waals surface area contributed by atoms with Crippen LogP contribution >= 0.6 is 11.6 Å².